The van der Waals surface area contributed by atoms with Gasteiger partial charge in [-0.3, -0.25) is 4.90 Å². The highest BCUT2D eigenvalue weighted by atomic mass is 15.2. The van der Waals surface area contributed by atoms with Crippen LogP contribution in [0.25, 0.3) is 0 Å². The maximum atomic E-state index is 3.84. The van der Waals surface area contributed by atoms with E-state index in [0.29, 0.717) is 6.04 Å². The summed E-state index contributed by atoms with van der Waals surface area (Å²) in [5.41, 5.74) is 0. The monoisotopic (exact) mass is 166 g/mol. The fourth-order valence-electron chi connectivity index (χ4n) is 2.37. The predicted octanol–water partition coefficient (Wildman–Crippen LogP) is 0.712. The van der Waals surface area contributed by atoms with Gasteiger partial charge in [-0.15, -0.1) is 6.58 Å². The summed E-state index contributed by atoms with van der Waals surface area (Å²) in [6.45, 7) is 11.1. The average molecular weight is 166 g/mol. The van der Waals surface area contributed by atoms with E-state index in [9.17, 15) is 0 Å². The summed E-state index contributed by atoms with van der Waals surface area (Å²) in [7, 11) is 0. The molecule has 0 aromatic rings. The number of hydrogen-bond donors (Lipinski definition) is 1. The van der Waals surface area contributed by atoms with Gasteiger partial charge in [0.2, 0.25) is 0 Å². The summed E-state index contributed by atoms with van der Waals surface area (Å²) < 4.78 is 0. The van der Waals surface area contributed by atoms with Gasteiger partial charge in [0.25, 0.3) is 0 Å². The van der Waals surface area contributed by atoms with Crippen molar-refractivity contribution in [2.45, 2.75) is 13.0 Å². The molecule has 3 unspecified atom stereocenters. The standard InChI is InChI=1S/C10H18N2/c1-3-8(2)12-6-9-4-11-5-10(9)7-12/h3,8-11H,1,4-7H2,2H3. The molecule has 0 aliphatic carbocycles. The minimum atomic E-state index is 0.565. The topological polar surface area (TPSA) is 15.3 Å². The Morgan fingerprint density at radius 3 is 2.50 bits per heavy atom. The fraction of sp³-hybridized carbons (Fsp3) is 0.800. The van der Waals surface area contributed by atoms with Crippen LogP contribution in [0.1, 0.15) is 6.92 Å². The van der Waals surface area contributed by atoms with Crippen molar-refractivity contribution >= 4 is 0 Å². The number of hydrogen-bond acceptors (Lipinski definition) is 2. The van der Waals surface area contributed by atoms with Crippen LogP contribution < -0.4 is 5.32 Å². The summed E-state index contributed by atoms with van der Waals surface area (Å²) >= 11 is 0. The third-order valence-corrected chi connectivity index (χ3v) is 3.33. The smallest absolute Gasteiger partial charge is 0.0247 e. The van der Waals surface area contributed by atoms with Crippen LogP contribution in [0.5, 0.6) is 0 Å². The van der Waals surface area contributed by atoms with Crippen molar-refractivity contribution in [2.75, 3.05) is 26.2 Å². The van der Waals surface area contributed by atoms with E-state index in [0.717, 1.165) is 11.8 Å². The summed E-state index contributed by atoms with van der Waals surface area (Å²) in [6.07, 6.45) is 2.05. The van der Waals surface area contributed by atoms with Crippen LogP contribution in [-0.4, -0.2) is 37.1 Å². The van der Waals surface area contributed by atoms with Gasteiger partial charge in [0.15, 0.2) is 0 Å². The molecular weight excluding hydrogens is 148 g/mol. The molecule has 2 aliphatic rings. The van der Waals surface area contributed by atoms with Crippen LogP contribution >= 0.6 is 0 Å². The Balaban J connectivity index is 1.94. The second-order valence-electron chi connectivity index (χ2n) is 4.11. The molecule has 2 rings (SSSR count). The zero-order valence-electron chi connectivity index (χ0n) is 7.79. The van der Waals surface area contributed by atoms with Crippen molar-refractivity contribution in [3.63, 3.8) is 0 Å². The third-order valence-electron chi connectivity index (χ3n) is 3.33. The summed E-state index contributed by atoms with van der Waals surface area (Å²) in [5.74, 6) is 1.82. The maximum absolute atomic E-state index is 3.84. The predicted molar refractivity (Wildman–Crippen MR) is 51.1 cm³/mol. The SMILES string of the molecule is C=CC(C)N1CC2CNCC2C1. The molecule has 0 spiro atoms. The van der Waals surface area contributed by atoms with Crippen LogP contribution in [0, 0.1) is 11.8 Å². The lowest BCUT2D eigenvalue weighted by molar-refractivity contribution is 0.278. The van der Waals surface area contributed by atoms with E-state index in [1.165, 1.54) is 26.2 Å². The zero-order chi connectivity index (χ0) is 8.55. The van der Waals surface area contributed by atoms with Crippen molar-refractivity contribution in [3.8, 4) is 0 Å². The first-order valence-electron chi connectivity index (χ1n) is 4.88. The van der Waals surface area contributed by atoms with Crippen molar-refractivity contribution in [3.05, 3.63) is 12.7 Å². The zero-order valence-corrected chi connectivity index (χ0v) is 7.79. The van der Waals surface area contributed by atoms with Crippen LogP contribution in [0.3, 0.4) is 0 Å². The van der Waals surface area contributed by atoms with E-state index in [-0.39, 0.29) is 0 Å². The van der Waals surface area contributed by atoms with E-state index in [1.54, 1.807) is 0 Å². The van der Waals surface area contributed by atoms with Gasteiger partial charge in [0.05, 0.1) is 0 Å². The molecule has 0 bridgehead atoms. The Morgan fingerprint density at radius 1 is 1.42 bits per heavy atom. The van der Waals surface area contributed by atoms with E-state index in [2.05, 4.69) is 29.8 Å². The van der Waals surface area contributed by atoms with Crippen molar-refractivity contribution in [1.82, 2.24) is 10.2 Å². The highest BCUT2D eigenvalue weighted by molar-refractivity contribution is 4.96. The van der Waals surface area contributed by atoms with Gasteiger partial charge < -0.3 is 5.32 Å². The minimum Gasteiger partial charge on any atom is -0.316 e. The molecule has 12 heavy (non-hydrogen) atoms. The van der Waals surface area contributed by atoms with Crippen LogP contribution in [-0.2, 0) is 0 Å². The number of fused-ring (bicyclic) bond motifs is 1. The lowest BCUT2D eigenvalue weighted by atomic mass is 10.0. The van der Waals surface area contributed by atoms with E-state index in [1.807, 2.05) is 0 Å². The summed E-state index contributed by atoms with van der Waals surface area (Å²) in [6, 6.07) is 0.565. The molecule has 1 N–H and O–H groups in total. The summed E-state index contributed by atoms with van der Waals surface area (Å²) in [4.78, 5) is 2.54. The Bertz CT molecular complexity index is 167. The third kappa shape index (κ3) is 1.29. The normalized spacial score (nSPS) is 38.1. The molecule has 2 saturated heterocycles. The Morgan fingerprint density at radius 2 is 2.00 bits per heavy atom. The first-order chi connectivity index (χ1) is 5.81. The molecule has 0 aromatic heterocycles. The largest absolute Gasteiger partial charge is 0.316 e. The number of rotatable bonds is 2. The number of likely N-dealkylation sites (tertiary alicyclic amines) is 1. The second kappa shape index (κ2) is 3.19. The van der Waals surface area contributed by atoms with Gasteiger partial charge in [-0.1, -0.05) is 6.08 Å². The van der Waals surface area contributed by atoms with Gasteiger partial charge in [-0.2, -0.15) is 0 Å². The number of nitrogens with one attached hydrogen (secondary N) is 1. The molecule has 0 saturated carbocycles. The van der Waals surface area contributed by atoms with Crippen molar-refractivity contribution in [2.24, 2.45) is 11.8 Å². The van der Waals surface area contributed by atoms with Crippen molar-refractivity contribution in [1.29, 1.82) is 0 Å². The molecule has 2 nitrogen and oxygen atoms in total. The van der Waals surface area contributed by atoms with E-state index >= 15 is 0 Å². The quantitative estimate of drug-likeness (QED) is 0.608. The first kappa shape index (κ1) is 8.27. The Kier molecular flexibility index (Phi) is 2.20. The Hall–Kier alpha value is -0.340. The molecule has 2 fully saturated rings. The van der Waals surface area contributed by atoms with E-state index < -0.39 is 0 Å². The fourth-order valence-corrected chi connectivity index (χ4v) is 2.37. The highest BCUT2D eigenvalue weighted by Gasteiger charge is 2.36. The molecule has 0 radical (unpaired) electrons. The lowest BCUT2D eigenvalue weighted by Crippen LogP contribution is -2.32. The molecule has 3 atom stereocenters. The van der Waals surface area contributed by atoms with Gasteiger partial charge in [-0.05, 0) is 31.8 Å². The highest BCUT2D eigenvalue weighted by Crippen LogP contribution is 2.27. The first-order valence-corrected chi connectivity index (χ1v) is 4.88. The summed E-state index contributed by atoms with van der Waals surface area (Å²) in [5, 5.41) is 3.45. The van der Waals surface area contributed by atoms with Crippen molar-refractivity contribution < 1.29 is 0 Å². The van der Waals surface area contributed by atoms with Gasteiger partial charge in [-0.25, -0.2) is 0 Å². The Labute approximate surface area is 74.6 Å². The molecule has 0 aromatic carbocycles. The number of nitrogens with zero attached hydrogens (tertiary/aromatic N) is 1. The minimum absolute atomic E-state index is 0.565. The molecular formula is C10H18N2. The average Bonchev–Trinajstić information content (AvgIpc) is 2.60. The molecule has 0 amide bonds. The van der Waals surface area contributed by atoms with Crippen LogP contribution in [0.2, 0.25) is 0 Å². The molecule has 2 heteroatoms. The van der Waals surface area contributed by atoms with Gasteiger partial charge in [0.1, 0.15) is 0 Å². The molecule has 2 heterocycles. The van der Waals surface area contributed by atoms with Crippen LogP contribution in [0.4, 0.5) is 0 Å². The van der Waals surface area contributed by atoms with Crippen LogP contribution in [0.15, 0.2) is 12.7 Å². The maximum Gasteiger partial charge on any atom is 0.0247 e. The molecule has 2 aliphatic heterocycles. The van der Waals surface area contributed by atoms with Gasteiger partial charge in [0, 0.05) is 19.1 Å². The van der Waals surface area contributed by atoms with E-state index in [4.69, 9.17) is 0 Å². The lowest BCUT2D eigenvalue weighted by Gasteiger charge is -2.21. The molecule has 68 valence electrons. The van der Waals surface area contributed by atoms with Gasteiger partial charge >= 0.3 is 0 Å². The second-order valence-corrected chi connectivity index (χ2v) is 4.11.